The Bertz CT molecular complexity index is 199. The van der Waals surface area contributed by atoms with Crippen LogP contribution in [0.25, 0.3) is 0 Å². The molecule has 15 heavy (non-hydrogen) atoms. The van der Waals surface area contributed by atoms with Gasteiger partial charge in [0.25, 0.3) is 0 Å². The van der Waals surface area contributed by atoms with Gasteiger partial charge in [-0.15, -0.1) is 0 Å². The number of rotatable bonds is 2. The van der Waals surface area contributed by atoms with Crippen molar-refractivity contribution in [2.45, 2.75) is 51.5 Å². The van der Waals surface area contributed by atoms with Gasteiger partial charge in [-0.25, -0.2) is 0 Å². The number of piperidine rings is 1. The van der Waals surface area contributed by atoms with E-state index in [0.29, 0.717) is 5.54 Å². The maximum absolute atomic E-state index is 6.05. The van der Waals surface area contributed by atoms with Gasteiger partial charge in [-0.3, -0.25) is 4.90 Å². The summed E-state index contributed by atoms with van der Waals surface area (Å²) in [6.45, 7) is 8.21. The van der Waals surface area contributed by atoms with Gasteiger partial charge in [-0.05, 0) is 31.1 Å². The normalized spacial score (nSPS) is 37.0. The molecule has 1 aliphatic carbocycles. The summed E-state index contributed by atoms with van der Waals surface area (Å²) in [5, 5.41) is 0. The number of nitrogens with zero attached hydrogens (tertiary/aromatic N) is 1. The van der Waals surface area contributed by atoms with E-state index in [4.69, 9.17) is 5.73 Å². The van der Waals surface area contributed by atoms with E-state index < -0.39 is 0 Å². The number of hydrogen-bond donors (Lipinski definition) is 1. The van der Waals surface area contributed by atoms with E-state index >= 15 is 0 Å². The summed E-state index contributed by atoms with van der Waals surface area (Å²) in [7, 11) is 0. The van der Waals surface area contributed by atoms with Gasteiger partial charge in [0.15, 0.2) is 0 Å². The Balaban J connectivity index is 2.07. The second-order valence-electron chi connectivity index (χ2n) is 5.99. The molecule has 0 aromatic carbocycles. The van der Waals surface area contributed by atoms with Gasteiger partial charge < -0.3 is 5.73 Å². The minimum absolute atomic E-state index is 0.378. The summed E-state index contributed by atoms with van der Waals surface area (Å²) < 4.78 is 0. The molecule has 0 amide bonds. The van der Waals surface area contributed by atoms with E-state index in [9.17, 15) is 0 Å². The number of nitrogens with two attached hydrogens (primary N) is 1. The Morgan fingerprint density at radius 1 is 1.13 bits per heavy atom. The highest BCUT2D eigenvalue weighted by Crippen LogP contribution is 2.37. The van der Waals surface area contributed by atoms with E-state index in [0.717, 1.165) is 18.4 Å². The van der Waals surface area contributed by atoms with Crippen molar-refractivity contribution >= 4 is 0 Å². The predicted octanol–water partition coefficient (Wildman–Crippen LogP) is 2.24. The van der Waals surface area contributed by atoms with Crippen molar-refractivity contribution < 1.29 is 0 Å². The number of hydrogen-bond acceptors (Lipinski definition) is 2. The average Bonchev–Trinajstić information content (AvgIpc) is 2.65. The summed E-state index contributed by atoms with van der Waals surface area (Å²) in [6, 6.07) is 0. The first-order valence-electron chi connectivity index (χ1n) is 6.61. The molecule has 0 radical (unpaired) electrons. The van der Waals surface area contributed by atoms with Gasteiger partial charge in [0.2, 0.25) is 0 Å². The third-order valence-electron chi connectivity index (χ3n) is 4.45. The fourth-order valence-electron chi connectivity index (χ4n) is 3.73. The zero-order valence-electron chi connectivity index (χ0n) is 10.3. The third kappa shape index (κ3) is 2.21. The first kappa shape index (κ1) is 11.4. The lowest BCUT2D eigenvalue weighted by Crippen LogP contribution is -2.56. The van der Waals surface area contributed by atoms with Crippen LogP contribution in [0.1, 0.15) is 46.0 Å². The standard InChI is InChI=1S/C13H26N2/c1-11-7-12(2)9-15(8-11)13(10-14)5-3-4-6-13/h11-12H,3-10,14H2,1-2H3. The largest absolute Gasteiger partial charge is 0.329 e. The molecular weight excluding hydrogens is 184 g/mol. The van der Waals surface area contributed by atoms with Gasteiger partial charge in [0.05, 0.1) is 0 Å². The third-order valence-corrected chi connectivity index (χ3v) is 4.45. The maximum atomic E-state index is 6.05. The molecule has 2 rings (SSSR count). The molecule has 0 aromatic rings. The van der Waals surface area contributed by atoms with Crippen LogP contribution >= 0.6 is 0 Å². The molecule has 0 bridgehead atoms. The van der Waals surface area contributed by atoms with Crippen molar-refractivity contribution in [2.75, 3.05) is 19.6 Å². The van der Waals surface area contributed by atoms with Gasteiger partial charge >= 0.3 is 0 Å². The van der Waals surface area contributed by atoms with Gasteiger partial charge in [-0.1, -0.05) is 26.7 Å². The lowest BCUT2D eigenvalue weighted by atomic mass is 9.85. The van der Waals surface area contributed by atoms with Crippen molar-refractivity contribution in [3.8, 4) is 0 Å². The molecular formula is C13H26N2. The van der Waals surface area contributed by atoms with E-state index in [1.165, 1.54) is 45.2 Å². The monoisotopic (exact) mass is 210 g/mol. The molecule has 2 N–H and O–H groups in total. The van der Waals surface area contributed by atoms with Gasteiger partial charge in [0, 0.05) is 25.2 Å². The molecule has 0 aromatic heterocycles. The molecule has 2 heteroatoms. The Morgan fingerprint density at radius 3 is 2.13 bits per heavy atom. The van der Waals surface area contributed by atoms with Crippen LogP contribution in [-0.2, 0) is 0 Å². The molecule has 1 heterocycles. The molecule has 1 aliphatic heterocycles. The molecule has 1 saturated heterocycles. The lowest BCUT2D eigenvalue weighted by Gasteiger charge is -2.46. The SMILES string of the molecule is CC1CC(C)CN(C2(CN)CCCC2)C1. The van der Waals surface area contributed by atoms with E-state index in [2.05, 4.69) is 18.7 Å². The van der Waals surface area contributed by atoms with Crippen LogP contribution in [0.2, 0.25) is 0 Å². The fourth-order valence-corrected chi connectivity index (χ4v) is 3.73. The van der Waals surface area contributed by atoms with Crippen LogP contribution in [0.15, 0.2) is 0 Å². The Morgan fingerprint density at radius 2 is 1.67 bits per heavy atom. The summed E-state index contributed by atoms with van der Waals surface area (Å²) in [5.41, 5.74) is 6.43. The molecule has 88 valence electrons. The van der Waals surface area contributed by atoms with Crippen LogP contribution in [0.4, 0.5) is 0 Å². The Hall–Kier alpha value is -0.0800. The summed E-state index contributed by atoms with van der Waals surface area (Å²) in [6.07, 6.45) is 6.84. The van der Waals surface area contributed by atoms with E-state index in [-0.39, 0.29) is 0 Å². The Labute approximate surface area is 94.2 Å². The van der Waals surface area contributed by atoms with E-state index in [1.54, 1.807) is 0 Å². The van der Waals surface area contributed by atoms with Crippen molar-refractivity contribution in [3.63, 3.8) is 0 Å². The minimum atomic E-state index is 0.378. The summed E-state index contributed by atoms with van der Waals surface area (Å²) in [4.78, 5) is 2.72. The first-order valence-corrected chi connectivity index (χ1v) is 6.61. The van der Waals surface area contributed by atoms with Crippen LogP contribution in [0, 0.1) is 11.8 Å². The van der Waals surface area contributed by atoms with Crippen LogP contribution in [0.3, 0.4) is 0 Å². The first-order chi connectivity index (χ1) is 7.16. The predicted molar refractivity (Wildman–Crippen MR) is 64.8 cm³/mol. The maximum Gasteiger partial charge on any atom is 0.0331 e. The van der Waals surface area contributed by atoms with Crippen molar-refractivity contribution in [1.82, 2.24) is 4.90 Å². The van der Waals surface area contributed by atoms with Gasteiger partial charge in [0.1, 0.15) is 0 Å². The van der Waals surface area contributed by atoms with Crippen molar-refractivity contribution in [2.24, 2.45) is 17.6 Å². The highest BCUT2D eigenvalue weighted by molar-refractivity contribution is 4.98. The molecule has 2 atom stereocenters. The van der Waals surface area contributed by atoms with Crippen LogP contribution in [0.5, 0.6) is 0 Å². The molecule has 2 nitrogen and oxygen atoms in total. The van der Waals surface area contributed by atoms with Crippen LogP contribution < -0.4 is 5.73 Å². The highest BCUT2D eigenvalue weighted by Gasteiger charge is 2.40. The number of likely N-dealkylation sites (tertiary alicyclic amines) is 1. The smallest absolute Gasteiger partial charge is 0.0331 e. The Kier molecular flexibility index (Phi) is 3.36. The quantitative estimate of drug-likeness (QED) is 0.757. The minimum Gasteiger partial charge on any atom is -0.329 e. The van der Waals surface area contributed by atoms with Crippen molar-refractivity contribution in [3.05, 3.63) is 0 Å². The summed E-state index contributed by atoms with van der Waals surface area (Å²) in [5.74, 6) is 1.72. The molecule has 2 aliphatic rings. The zero-order valence-corrected chi connectivity index (χ0v) is 10.3. The molecule has 0 spiro atoms. The van der Waals surface area contributed by atoms with Gasteiger partial charge in [-0.2, -0.15) is 0 Å². The topological polar surface area (TPSA) is 29.3 Å². The fraction of sp³-hybridized carbons (Fsp3) is 1.00. The molecule has 1 saturated carbocycles. The van der Waals surface area contributed by atoms with Crippen molar-refractivity contribution in [1.29, 1.82) is 0 Å². The second kappa shape index (κ2) is 4.42. The average molecular weight is 210 g/mol. The second-order valence-corrected chi connectivity index (χ2v) is 5.99. The highest BCUT2D eigenvalue weighted by atomic mass is 15.2. The molecule has 2 unspecified atom stereocenters. The van der Waals surface area contributed by atoms with E-state index in [1.807, 2.05) is 0 Å². The van der Waals surface area contributed by atoms with Crippen LogP contribution in [-0.4, -0.2) is 30.1 Å². The lowest BCUT2D eigenvalue weighted by molar-refractivity contribution is 0.0326. The summed E-state index contributed by atoms with van der Waals surface area (Å²) >= 11 is 0. The zero-order chi connectivity index (χ0) is 10.9. The molecule has 2 fully saturated rings.